The number of amides is 1. The van der Waals surface area contributed by atoms with Crippen LogP contribution in [0.5, 0.6) is 11.5 Å². The maximum Gasteiger partial charge on any atom is 0.237 e. The van der Waals surface area contributed by atoms with Crippen molar-refractivity contribution in [2.24, 2.45) is 0 Å². The molecule has 0 bridgehead atoms. The fourth-order valence-electron chi connectivity index (χ4n) is 2.46. The van der Waals surface area contributed by atoms with Gasteiger partial charge in [-0.2, -0.15) is 0 Å². The molecule has 0 unspecified atom stereocenters. The van der Waals surface area contributed by atoms with E-state index in [9.17, 15) is 9.00 Å². The Morgan fingerprint density at radius 2 is 1.92 bits per heavy atom. The largest absolute Gasteiger partial charge is 0.486 e. The summed E-state index contributed by atoms with van der Waals surface area (Å²) in [5, 5.41) is 3.17. The molecule has 5 nitrogen and oxygen atoms in total. The van der Waals surface area contributed by atoms with Gasteiger partial charge in [0.1, 0.15) is 19.0 Å². The fourth-order valence-corrected chi connectivity index (χ4v) is 3.76. The van der Waals surface area contributed by atoms with E-state index in [1.165, 1.54) is 0 Å². The molecule has 7 heteroatoms. The monoisotopic (exact) mass is 379 g/mol. The molecule has 0 spiro atoms. The van der Waals surface area contributed by atoms with Gasteiger partial charge in [0.15, 0.2) is 11.5 Å². The lowest BCUT2D eigenvalue weighted by atomic mass is 10.2. The minimum atomic E-state index is -1.36. The zero-order valence-electron chi connectivity index (χ0n) is 13.7. The smallest absolute Gasteiger partial charge is 0.237 e. The number of fused-ring (bicyclic) bond motifs is 1. The first-order valence-corrected chi connectivity index (χ1v) is 9.67. The Hall–Kier alpha value is -2.05. The number of aryl methyl sites for hydroxylation is 1. The Balaban J connectivity index is 1.59. The van der Waals surface area contributed by atoms with E-state index in [1.807, 2.05) is 31.2 Å². The molecule has 2 aromatic rings. The van der Waals surface area contributed by atoms with Gasteiger partial charge >= 0.3 is 0 Å². The average Bonchev–Trinajstić information content (AvgIpc) is 2.57. The molecule has 1 aliphatic heterocycles. The number of anilines is 1. The van der Waals surface area contributed by atoms with Crippen LogP contribution in [0.2, 0.25) is 5.02 Å². The highest BCUT2D eigenvalue weighted by Crippen LogP contribution is 2.38. The number of benzene rings is 2. The second-order valence-corrected chi connectivity index (χ2v) is 7.61. The molecule has 1 aliphatic rings. The fraction of sp³-hybridized carbons (Fsp3) is 0.278. The SMILES string of the molecule is Cc1ccc(NC(=O)C[S@](=O)Cc2cc(Cl)c3c(c2)OCCO3)cc1. The summed E-state index contributed by atoms with van der Waals surface area (Å²) in [5.41, 5.74) is 2.54. The van der Waals surface area contributed by atoms with Gasteiger partial charge in [0.05, 0.1) is 5.02 Å². The van der Waals surface area contributed by atoms with E-state index in [-0.39, 0.29) is 17.4 Å². The number of carbonyl (C=O) groups is 1. The number of carbonyl (C=O) groups excluding carboxylic acids is 1. The molecule has 3 rings (SSSR count). The van der Waals surface area contributed by atoms with Crippen LogP contribution in [0.1, 0.15) is 11.1 Å². The first-order chi connectivity index (χ1) is 12.0. The molecule has 0 saturated heterocycles. The molecule has 2 aromatic carbocycles. The van der Waals surface area contributed by atoms with Crippen LogP contribution in [-0.2, 0) is 21.3 Å². The standard InChI is InChI=1S/C18H18ClNO4S/c1-12-2-4-14(5-3-12)20-17(21)11-25(22)10-13-8-15(19)18-16(9-13)23-6-7-24-18/h2-5,8-9H,6-7,10-11H2,1H3,(H,20,21)/t25-/m1/s1. The van der Waals surface area contributed by atoms with Crippen molar-refractivity contribution in [2.75, 3.05) is 24.3 Å². The highest BCUT2D eigenvalue weighted by Gasteiger charge is 2.18. The normalized spacial score (nSPS) is 14.0. The van der Waals surface area contributed by atoms with Crippen molar-refractivity contribution >= 4 is 34.0 Å². The van der Waals surface area contributed by atoms with Crippen LogP contribution in [0.15, 0.2) is 36.4 Å². The highest BCUT2D eigenvalue weighted by molar-refractivity contribution is 7.84. The predicted octanol–water partition coefficient (Wildman–Crippen LogP) is 3.31. The Kier molecular flexibility index (Phi) is 5.60. The Labute approximate surface area is 153 Å². The maximum absolute atomic E-state index is 12.3. The lowest BCUT2D eigenvalue weighted by Gasteiger charge is -2.20. The molecule has 1 heterocycles. The third-order valence-electron chi connectivity index (χ3n) is 3.61. The predicted molar refractivity (Wildman–Crippen MR) is 99.0 cm³/mol. The van der Waals surface area contributed by atoms with Gasteiger partial charge in [0.2, 0.25) is 5.91 Å². The topological polar surface area (TPSA) is 64.6 Å². The molecular weight excluding hydrogens is 362 g/mol. The first-order valence-electron chi connectivity index (χ1n) is 7.81. The second-order valence-electron chi connectivity index (χ2n) is 5.74. The lowest BCUT2D eigenvalue weighted by Crippen LogP contribution is -2.20. The van der Waals surface area contributed by atoms with Crippen molar-refractivity contribution in [1.29, 1.82) is 0 Å². The van der Waals surface area contributed by atoms with Crippen molar-refractivity contribution in [3.8, 4) is 11.5 Å². The summed E-state index contributed by atoms with van der Waals surface area (Å²) in [6, 6.07) is 10.9. The van der Waals surface area contributed by atoms with Crippen LogP contribution in [0.4, 0.5) is 5.69 Å². The molecule has 1 amide bonds. The van der Waals surface area contributed by atoms with Crippen molar-refractivity contribution in [3.63, 3.8) is 0 Å². The molecule has 0 fully saturated rings. The summed E-state index contributed by atoms with van der Waals surface area (Å²) in [7, 11) is -1.36. The Morgan fingerprint density at radius 1 is 1.20 bits per heavy atom. The van der Waals surface area contributed by atoms with Gasteiger partial charge in [-0.25, -0.2) is 0 Å². The zero-order chi connectivity index (χ0) is 17.8. The number of hydrogen-bond acceptors (Lipinski definition) is 4. The minimum Gasteiger partial charge on any atom is -0.486 e. The van der Waals surface area contributed by atoms with Crippen LogP contribution in [0, 0.1) is 6.92 Å². The van der Waals surface area contributed by atoms with Gasteiger partial charge in [-0.1, -0.05) is 29.3 Å². The van der Waals surface area contributed by atoms with Crippen molar-refractivity contribution < 1.29 is 18.5 Å². The number of rotatable bonds is 5. The van der Waals surface area contributed by atoms with E-state index in [2.05, 4.69) is 5.32 Å². The third-order valence-corrected chi connectivity index (χ3v) is 5.13. The second kappa shape index (κ2) is 7.89. The van der Waals surface area contributed by atoms with E-state index in [1.54, 1.807) is 12.1 Å². The van der Waals surface area contributed by atoms with Gasteiger partial charge in [-0.15, -0.1) is 0 Å². The van der Waals surface area contributed by atoms with Gasteiger partial charge in [-0.05, 0) is 36.8 Å². The third kappa shape index (κ3) is 4.74. The summed E-state index contributed by atoms with van der Waals surface area (Å²) in [4.78, 5) is 12.0. The van der Waals surface area contributed by atoms with E-state index in [4.69, 9.17) is 21.1 Å². The van der Waals surface area contributed by atoms with Crippen molar-refractivity contribution in [3.05, 3.63) is 52.5 Å². The van der Waals surface area contributed by atoms with Crippen LogP contribution < -0.4 is 14.8 Å². The highest BCUT2D eigenvalue weighted by atomic mass is 35.5. The minimum absolute atomic E-state index is 0.0834. The molecule has 0 aliphatic carbocycles. The van der Waals surface area contributed by atoms with Gasteiger partial charge in [-0.3, -0.25) is 9.00 Å². The summed E-state index contributed by atoms with van der Waals surface area (Å²) < 4.78 is 23.2. The van der Waals surface area contributed by atoms with E-state index in [0.29, 0.717) is 35.4 Å². The van der Waals surface area contributed by atoms with Crippen LogP contribution in [0.3, 0.4) is 0 Å². The molecule has 1 N–H and O–H groups in total. The van der Waals surface area contributed by atoms with Crippen molar-refractivity contribution in [2.45, 2.75) is 12.7 Å². The molecule has 0 radical (unpaired) electrons. The lowest BCUT2D eigenvalue weighted by molar-refractivity contribution is -0.113. The molecule has 0 aromatic heterocycles. The maximum atomic E-state index is 12.3. The molecular formula is C18H18ClNO4S. The quantitative estimate of drug-likeness (QED) is 0.865. The molecule has 132 valence electrons. The summed E-state index contributed by atoms with van der Waals surface area (Å²) in [5.74, 6) is 0.915. The van der Waals surface area contributed by atoms with Gasteiger partial charge in [0, 0.05) is 22.2 Å². The van der Waals surface area contributed by atoms with Crippen LogP contribution in [-0.4, -0.2) is 29.1 Å². The van der Waals surface area contributed by atoms with Gasteiger partial charge in [0.25, 0.3) is 0 Å². The molecule has 0 saturated carbocycles. The van der Waals surface area contributed by atoms with E-state index < -0.39 is 10.8 Å². The van der Waals surface area contributed by atoms with Gasteiger partial charge < -0.3 is 14.8 Å². The number of nitrogens with one attached hydrogen (secondary N) is 1. The number of ether oxygens (including phenoxy) is 2. The Bertz CT molecular complexity index is 807. The summed E-state index contributed by atoms with van der Waals surface area (Å²) in [6.07, 6.45) is 0. The van der Waals surface area contributed by atoms with Crippen LogP contribution in [0.25, 0.3) is 0 Å². The average molecular weight is 380 g/mol. The number of hydrogen-bond donors (Lipinski definition) is 1. The van der Waals surface area contributed by atoms with Crippen LogP contribution >= 0.6 is 11.6 Å². The summed E-state index contributed by atoms with van der Waals surface area (Å²) >= 11 is 6.17. The molecule has 1 atom stereocenters. The molecule has 25 heavy (non-hydrogen) atoms. The zero-order valence-corrected chi connectivity index (χ0v) is 15.3. The van der Waals surface area contributed by atoms with E-state index in [0.717, 1.165) is 11.1 Å². The number of halogens is 1. The van der Waals surface area contributed by atoms with Crippen molar-refractivity contribution in [1.82, 2.24) is 0 Å². The Morgan fingerprint density at radius 3 is 2.68 bits per heavy atom. The summed E-state index contributed by atoms with van der Waals surface area (Å²) in [6.45, 7) is 2.88. The van der Waals surface area contributed by atoms with E-state index >= 15 is 0 Å². The first kappa shape index (κ1) is 17.8.